The van der Waals surface area contributed by atoms with Crippen molar-refractivity contribution >= 4 is 0 Å². The summed E-state index contributed by atoms with van der Waals surface area (Å²) in [6.07, 6.45) is 7.63. The summed E-state index contributed by atoms with van der Waals surface area (Å²) in [5, 5.41) is 0. The van der Waals surface area contributed by atoms with Crippen molar-refractivity contribution in [1.82, 2.24) is 0 Å². The Morgan fingerprint density at radius 2 is 1.52 bits per heavy atom. The summed E-state index contributed by atoms with van der Waals surface area (Å²) in [6, 6.07) is 19.9. The Kier molecular flexibility index (Phi) is 6.53. The molecule has 2 rings (SSSR count). The molecule has 0 fully saturated rings. The first-order chi connectivity index (χ1) is 10.3. The highest BCUT2D eigenvalue weighted by Crippen LogP contribution is 2.17. The van der Waals surface area contributed by atoms with E-state index in [1.807, 2.05) is 0 Å². The minimum Gasteiger partial charge on any atom is -0.0654 e. The molecule has 0 bridgehead atoms. The standard InChI is InChI=1S/C21H28/c1-3-4-9-18(2)14-15-20-12-8-13-21(17-20)16-19-10-6-5-7-11-19/h5-8,10-13,17-18H,3-4,9,14-16H2,1-2H3. The highest BCUT2D eigenvalue weighted by Gasteiger charge is 2.03. The first-order valence-electron chi connectivity index (χ1n) is 8.39. The van der Waals surface area contributed by atoms with Gasteiger partial charge in [0.05, 0.1) is 0 Å². The molecule has 0 spiro atoms. The molecular weight excluding hydrogens is 252 g/mol. The molecule has 0 N–H and O–H groups in total. The molecule has 2 aromatic rings. The van der Waals surface area contributed by atoms with Crippen molar-refractivity contribution in [2.45, 2.75) is 52.4 Å². The van der Waals surface area contributed by atoms with E-state index in [0.717, 1.165) is 12.3 Å². The van der Waals surface area contributed by atoms with E-state index in [1.54, 1.807) is 0 Å². The Hall–Kier alpha value is -1.56. The first-order valence-corrected chi connectivity index (χ1v) is 8.39. The van der Waals surface area contributed by atoms with Gasteiger partial charge in [0.15, 0.2) is 0 Å². The minimum absolute atomic E-state index is 0.850. The second kappa shape index (κ2) is 8.67. The third-order valence-electron chi connectivity index (χ3n) is 4.22. The average molecular weight is 280 g/mol. The van der Waals surface area contributed by atoms with Crippen LogP contribution in [0.1, 0.15) is 56.2 Å². The van der Waals surface area contributed by atoms with Gasteiger partial charge in [-0.05, 0) is 41.9 Å². The Balaban J connectivity index is 1.89. The number of hydrogen-bond acceptors (Lipinski definition) is 0. The van der Waals surface area contributed by atoms with Gasteiger partial charge in [-0.25, -0.2) is 0 Å². The van der Waals surface area contributed by atoms with E-state index in [1.165, 1.54) is 48.8 Å². The van der Waals surface area contributed by atoms with Crippen molar-refractivity contribution in [2.24, 2.45) is 5.92 Å². The van der Waals surface area contributed by atoms with Gasteiger partial charge in [-0.3, -0.25) is 0 Å². The van der Waals surface area contributed by atoms with Crippen LogP contribution in [0.2, 0.25) is 0 Å². The lowest BCUT2D eigenvalue weighted by molar-refractivity contribution is 0.472. The molecule has 0 heterocycles. The highest BCUT2D eigenvalue weighted by molar-refractivity contribution is 5.29. The van der Waals surface area contributed by atoms with E-state index in [9.17, 15) is 0 Å². The van der Waals surface area contributed by atoms with Crippen LogP contribution in [0.3, 0.4) is 0 Å². The predicted octanol–water partition coefficient (Wildman–Crippen LogP) is 6.04. The van der Waals surface area contributed by atoms with E-state index in [0.29, 0.717) is 0 Å². The van der Waals surface area contributed by atoms with Crippen LogP contribution in [0.5, 0.6) is 0 Å². The van der Waals surface area contributed by atoms with Crippen molar-refractivity contribution in [2.75, 3.05) is 0 Å². The second-order valence-corrected chi connectivity index (χ2v) is 6.27. The van der Waals surface area contributed by atoms with Crippen LogP contribution in [0.15, 0.2) is 54.6 Å². The van der Waals surface area contributed by atoms with Crippen molar-refractivity contribution in [3.05, 3.63) is 71.3 Å². The van der Waals surface area contributed by atoms with Crippen LogP contribution in [0, 0.1) is 5.92 Å². The van der Waals surface area contributed by atoms with E-state index in [4.69, 9.17) is 0 Å². The molecule has 0 amide bonds. The summed E-state index contributed by atoms with van der Waals surface area (Å²) in [5.41, 5.74) is 4.32. The van der Waals surface area contributed by atoms with E-state index >= 15 is 0 Å². The molecule has 0 aliphatic carbocycles. The third-order valence-corrected chi connectivity index (χ3v) is 4.22. The lowest BCUT2D eigenvalue weighted by Crippen LogP contribution is -1.98. The summed E-state index contributed by atoms with van der Waals surface area (Å²) >= 11 is 0. The van der Waals surface area contributed by atoms with Crippen molar-refractivity contribution in [3.8, 4) is 0 Å². The Labute approximate surface area is 130 Å². The molecular formula is C21H28. The number of unbranched alkanes of at least 4 members (excludes halogenated alkanes) is 1. The van der Waals surface area contributed by atoms with Crippen molar-refractivity contribution < 1.29 is 0 Å². The van der Waals surface area contributed by atoms with Gasteiger partial charge in [-0.15, -0.1) is 0 Å². The smallest absolute Gasteiger partial charge is 0.00257 e. The quantitative estimate of drug-likeness (QED) is 0.553. The maximum Gasteiger partial charge on any atom is -0.00257 e. The molecule has 1 unspecified atom stereocenters. The van der Waals surface area contributed by atoms with Crippen LogP contribution >= 0.6 is 0 Å². The van der Waals surface area contributed by atoms with Crippen LogP contribution in [-0.2, 0) is 12.8 Å². The predicted molar refractivity (Wildman–Crippen MR) is 92.7 cm³/mol. The summed E-state index contributed by atoms with van der Waals surface area (Å²) < 4.78 is 0. The number of benzene rings is 2. The van der Waals surface area contributed by atoms with Gasteiger partial charge in [0.2, 0.25) is 0 Å². The van der Waals surface area contributed by atoms with Crippen molar-refractivity contribution in [1.29, 1.82) is 0 Å². The largest absolute Gasteiger partial charge is 0.0654 e. The summed E-state index contributed by atoms with van der Waals surface area (Å²) in [5.74, 6) is 0.850. The van der Waals surface area contributed by atoms with E-state index in [2.05, 4.69) is 68.4 Å². The topological polar surface area (TPSA) is 0 Å². The van der Waals surface area contributed by atoms with Gasteiger partial charge in [-0.2, -0.15) is 0 Å². The zero-order chi connectivity index (χ0) is 14.9. The monoisotopic (exact) mass is 280 g/mol. The van der Waals surface area contributed by atoms with Crippen LogP contribution in [0.25, 0.3) is 0 Å². The molecule has 0 saturated carbocycles. The molecule has 0 heteroatoms. The molecule has 21 heavy (non-hydrogen) atoms. The molecule has 0 radical (unpaired) electrons. The van der Waals surface area contributed by atoms with Gasteiger partial charge < -0.3 is 0 Å². The van der Waals surface area contributed by atoms with Crippen LogP contribution in [-0.4, -0.2) is 0 Å². The van der Waals surface area contributed by atoms with Gasteiger partial charge in [0, 0.05) is 0 Å². The SMILES string of the molecule is CCCCC(C)CCc1cccc(Cc2ccccc2)c1. The van der Waals surface area contributed by atoms with Gasteiger partial charge in [0.1, 0.15) is 0 Å². The first kappa shape index (κ1) is 15.8. The maximum absolute atomic E-state index is 2.39. The normalized spacial score (nSPS) is 12.3. The van der Waals surface area contributed by atoms with E-state index in [-0.39, 0.29) is 0 Å². The summed E-state index contributed by atoms with van der Waals surface area (Å²) in [4.78, 5) is 0. The molecule has 112 valence electrons. The van der Waals surface area contributed by atoms with Crippen LogP contribution in [0.4, 0.5) is 0 Å². The third kappa shape index (κ3) is 5.75. The average Bonchev–Trinajstić information content (AvgIpc) is 2.52. The fraction of sp³-hybridized carbons (Fsp3) is 0.429. The van der Waals surface area contributed by atoms with Gasteiger partial charge >= 0.3 is 0 Å². The molecule has 0 aromatic heterocycles. The molecule has 1 atom stereocenters. The molecule has 0 saturated heterocycles. The fourth-order valence-corrected chi connectivity index (χ4v) is 2.84. The fourth-order valence-electron chi connectivity index (χ4n) is 2.84. The Bertz CT molecular complexity index is 513. The second-order valence-electron chi connectivity index (χ2n) is 6.27. The summed E-state index contributed by atoms with van der Waals surface area (Å²) in [7, 11) is 0. The number of rotatable bonds is 8. The van der Waals surface area contributed by atoms with Gasteiger partial charge in [-0.1, -0.05) is 87.7 Å². The zero-order valence-corrected chi connectivity index (χ0v) is 13.5. The number of hydrogen-bond donors (Lipinski definition) is 0. The van der Waals surface area contributed by atoms with Gasteiger partial charge in [0.25, 0.3) is 0 Å². The molecule has 2 aromatic carbocycles. The Morgan fingerprint density at radius 3 is 2.29 bits per heavy atom. The number of aryl methyl sites for hydroxylation is 1. The summed E-state index contributed by atoms with van der Waals surface area (Å²) in [6.45, 7) is 4.67. The lowest BCUT2D eigenvalue weighted by atomic mass is 9.95. The molecule has 0 nitrogen and oxygen atoms in total. The highest BCUT2D eigenvalue weighted by atomic mass is 14.1. The Morgan fingerprint density at radius 1 is 0.810 bits per heavy atom. The zero-order valence-electron chi connectivity index (χ0n) is 13.5. The van der Waals surface area contributed by atoms with Crippen LogP contribution < -0.4 is 0 Å². The molecule has 0 aliphatic heterocycles. The van der Waals surface area contributed by atoms with Crippen molar-refractivity contribution in [3.63, 3.8) is 0 Å². The maximum atomic E-state index is 2.39. The molecule has 0 aliphatic rings. The van der Waals surface area contributed by atoms with E-state index < -0.39 is 0 Å². The lowest BCUT2D eigenvalue weighted by Gasteiger charge is -2.11. The minimum atomic E-state index is 0.850.